The lowest BCUT2D eigenvalue weighted by Crippen LogP contribution is -2.48. The quantitative estimate of drug-likeness (QED) is 0.103. The number of ketones is 1. The van der Waals surface area contributed by atoms with E-state index in [2.05, 4.69) is 27.5 Å². The van der Waals surface area contributed by atoms with E-state index in [9.17, 15) is 14.7 Å². The summed E-state index contributed by atoms with van der Waals surface area (Å²) in [5.41, 5.74) is 0.611. The first-order chi connectivity index (χ1) is 20.2. The molecule has 1 aromatic heterocycles. The first-order valence-electron chi connectivity index (χ1n) is 14.3. The number of aliphatic hydroxyl groups is 1. The van der Waals surface area contributed by atoms with Crippen molar-refractivity contribution in [3.63, 3.8) is 0 Å². The minimum Gasteiger partial charge on any atom is -0.480 e. The summed E-state index contributed by atoms with van der Waals surface area (Å²) >= 11 is 0. The topological polar surface area (TPSA) is 181 Å². The summed E-state index contributed by atoms with van der Waals surface area (Å²) in [6, 6.07) is 7.74. The van der Waals surface area contributed by atoms with Gasteiger partial charge in [0, 0.05) is 30.6 Å². The van der Waals surface area contributed by atoms with Gasteiger partial charge in [-0.3, -0.25) is 25.8 Å². The predicted molar refractivity (Wildman–Crippen MR) is 161 cm³/mol. The van der Waals surface area contributed by atoms with Gasteiger partial charge in [-0.25, -0.2) is 4.98 Å². The van der Waals surface area contributed by atoms with Gasteiger partial charge in [-0.05, 0) is 57.3 Å². The van der Waals surface area contributed by atoms with Crippen LogP contribution in [0.2, 0.25) is 0 Å². The molecule has 1 aliphatic rings. The highest BCUT2D eigenvalue weighted by atomic mass is 16.5. The van der Waals surface area contributed by atoms with Gasteiger partial charge in [0.2, 0.25) is 17.7 Å². The summed E-state index contributed by atoms with van der Waals surface area (Å²) in [5.74, 6) is 3.78. The maximum Gasteiger partial charge on any atom is 0.266 e. The first-order valence-corrected chi connectivity index (χ1v) is 14.3. The van der Waals surface area contributed by atoms with Crippen molar-refractivity contribution in [3.8, 4) is 17.7 Å². The maximum absolute atomic E-state index is 13.1. The molecule has 6 N–H and O–H groups in total. The Morgan fingerprint density at radius 3 is 2.74 bits per heavy atom. The molecule has 11 nitrogen and oxygen atoms in total. The van der Waals surface area contributed by atoms with Gasteiger partial charge < -0.3 is 25.2 Å². The molecule has 3 atom stereocenters. The van der Waals surface area contributed by atoms with Crippen molar-refractivity contribution in [3.05, 3.63) is 35.9 Å². The van der Waals surface area contributed by atoms with Crippen LogP contribution in [0, 0.1) is 34.0 Å². The molecule has 2 heterocycles. The highest BCUT2D eigenvalue weighted by molar-refractivity contribution is 6.39. The third kappa shape index (κ3) is 9.19. The Morgan fingerprint density at radius 1 is 1.19 bits per heavy atom. The van der Waals surface area contributed by atoms with E-state index in [0.29, 0.717) is 63.4 Å². The van der Waals surface area contributed by atoms with Crippen molar-refractivity contribution in [2.45, 2.75) is 70.4 Å². The number of hydrogen-bond acceptors (Lipinski definition) is 10. The number of carbonyl (C=O) groups excluding carboxylic acids is 2. The molecule has 1 amide bonds. The Morgan fingerprint density at radius 2 is 1.98 bits per heavy atom. The monoisotopic (exact) mass is 576 g/mol. The van der Waals surface area contributed by atoms with Gasteiger partial charge in [0.25, 0.3) is 5.91 Å². The fourth-order valence-corrected chi connectivity index (χ4v) is 4.62. The second-order valence-corrected chi connectivity index (χ2v) is 10.1. The van der Waals surface area contributed by atoms with Gasteiger partial charge in [-0.15, -0.1) is 5.92 Å². The second-order valence-electron chi connectivity index (χ2n) is 10.1. The van der Waals surface area contributed by atoms with Crippen molar-refractivity contribution in [2.75, 3.05) is 20.2 Å². The SMILES string of the molecule is CCC(=O)CCCCC#CC(NC(=O)C(=N)C1CCCNCCC1O)C(=N)OC(=N)c1cc2ccccc2nc1OC. The molecule has 0 aliphatic carbocycles. The summed E-state index contributed by atoms with van der Waals surface area (Å²) in [6.07, 6.45) is 3.52. The van der Waals surface area contributed by atoms with E-state index in [1.165, 1.54) is 7.11 Å². The highest BCUT2D eigenvalue weighted by Crippen LogP contribution is 2.23. The van der Waals surface area contributed by atoms with Crippen molar-refractivity contribution >= 4 is 40.1 Å². The zero-order chi connectivity index (χ0) is 30.5. The number of para-hydroxylation sites is 1. The van der Waals surface area contributed by atoms with Gasteiger partial charge in [0.15, 0.2) is 6.04 Å². The molecule has 2 aromatic rings. The molecule has 1 fully saturated rings. The molecule has 42 heavy (non-hydrogen) atoms. The van der Waals surface area contributed by atoms with Crippen LogP contribution in [0.1, 0.15) is 63.9 Å². The second kappa shape index (κ2) is 16.3. The standard InChI is InChI=1S/C31H40N6O5/c1-3-21(38)12-6-4-5-7-15-25(36-30(40)27(32)22-13-10-17-35-18-16-26(22)39)29(34)42-28(33)23-19-20-11-8-9-14-24(20)37-31(23)41-2/h8-9,11,14,19,22,25-26,32-35,39H,3-6,10,12-13,16-18H2,1-2H3,(H,36,40). The number of carbonyl (C=O) groups is 2. The summed E-state index contributed by atoms with van der Waals surface area (Å²) in [7, 11) is 1.42. The van der Waals surface area contributed by atoms with Crippen LogP contribution in [0.25, 0.3) is 10.9 Å². The van der Waals surface area contributed by atoms with E-state index < -0.39 is 35.8 Å². The van der Waals surface area contributed by atoms with Crippen molar-refractivity contribution in [1.82, 2.24) is 15.6 Å². The number of unbranched alkanes of at least 4 members (excludes halogenated alkanes) is 2. The van der Waals surface area contributed by atoms with Crippen molar-refractivity contribution in [2.24, 2.45) is 5.92 Å². The smallest absolute Gasteiger partial charge is 0.266 e. The highest BCUT2D eigenvalue weighted by Gasteiger charge is 2.31. The Balaban J connectivity index is 1.76. The van der Waals surface area contributed by atoms with E-state index in [-0.39, 0.29) is 22.9 Å². The molecule has 3 rings (SSSR count). The van der Waals surface area contributed by atoms with Gasteiger partial charge in [0.05, 0.1) is 24.3 Å². The minimum atomic E-state index is -1.25. The number of hydrogen-bond donors (Lipinski definition) is 6. The Kier molecular flexibility index (Phi) is 12.6. The average Bonchev–Trinajstić information content (AvgIpc) is 2.98. The van der Waals surface area contributed by atoms with Crippen LogP contribution >= 0.6 is 0 Å². The van der Waals surface area contributed by atoms with E-state index >= 15 is 0 Å². The number of aromatic nitrogens is 1. The van der Waals surface area contributed by atoms with Crippen LogP contribution in [0.15, 0.2) is 30.3 Å². The number of pyridine rings is 1. The maximum atomic E-state index is 13.1. The summed E-state index contributed by atoms with van der Waals surface area (Å²) in [4.78, 5) is 29.1. The third-order valence-electron chi connectivity index (χ3n) is 7.09. The fourth-order valence-electron chi connectivity index (χ4n) is 4.62. The zero-order valence-electron chi connectivity index (χ0n) is 24.2. The van der Waals surface area contributed by atoms with E-state index in [1.54, 1.807) is 6.07 Å². The van der Waals surface area contributed by atoms with Gasteiger partial charge >= 0.3 is 0 Å². The van der Waals surface area contributed by atoms with E-state index in [4.69, 9.17) is 25.7 Å². The molecule has 1 aromatic carbocycles. The van der Waals surface area contributed by atoms with Crippen LogP contribution in [-0.4, -0.2) is 71.6 Å². The van der Waals surface area contributed by atoms with E-state index in [0.717, 1.165) is 11.9 Å². The zero-order valence-corrected chi connectivity index (χ0v) is 24.2. The number of rotatable bonds is 11. The van der Waals surface area contributed by atoms with Crippen LogP contribution in [0.4, 0.5) is 0 Å². The molecule has 3 unspecified atom stereocenters. The van der Waals surface area contributed by atoms with Crippen LogP contribution in [0.5, 0.6) is 5.88 Å². The molecule has 0 radical (unpaired) electrons. The molecule has 0 bridgehead atoms. The minimum absolute atomic E-state index is 0.148. The first kappa shape index (κ1) is 32.4. The molecule has 11 heteroatoms. The Hall–Kier alpha value is -4.14. The molecular weight excluding hydrogens is 536 g/mol. The number of methoxy groups -OCH3 is 1. The lowest BCUT2D eigenvalue weighted by Gasteiger charge is -2.26. The summed E-state index contributed by atoms with van der Waals surface area (Å²) in [5, 5.41) is 42.7. The lowest BCUT2D eigenvalue weighted by atomic mass is 9.88. The van der Waals surface area contributed by atoms with Crippen molar-refractivity contribution < 1.29 is 24.2 Å². The molecule has 0 spiro atoms. The van der Waals surface area contributed by atoms with Crippen LogP contribution in [0.3, 0.4) is 0 Å². The number of benzene rings is 1. The van der Waals surface area contributed by atoms with E-state index in [1.807, 2.05) is 31.2 Å². The number of fused-ring (bicyclic) bond motifs is 1. The number of ether oxygens (including phenoxy) is 2. The van der Waals surface area contributed by atoms with Crippen LogP contribution in [-0.2, 0) is 14.3 Å². The summed E-state index contributed by atoms with van der Waals surface area (Å²) in [6.45, 7) is 3.16. The Labute approximate surface area is 246 Å². The number of nitrogens with zero attached hydrogens (tertiary/aromatic N) is 1. The molecule has 1 aliphatic heterocycles. The third-order valence-corrected chi connectivity index (χ3v) is 7.09. The summed E-state index contributed by atoms with van der Waals surface area (Å²) < 4.78 is 10.9. The lowest BCUT2D eigenvalue weighted by molar-refractivity contribution is -0.119. The fraction of sp³-hybridized carbons (Fsp3) is 0.484. The molecule has 0 saturated carbocycles. The largest absolute Gasteiger partial charge is 0.480 e. The number of nitrogens with one attached hydrogen (secondary N) is 5. The van der Waals surface area contributed by atoms with Gasteiger partial charge in [-0.1, -0.05) is 31.0 Å². The number of amides is 1. The predicted octanol–water partition coefficient (Wildman–Crippen LogP) is 3.36. The molecule has 1 saturated heterocycles. The number of Topliss-reactive ketones (excluding diaryl/α,β-unsaturated/α-hetero) is 1. The number of aliphatic hydroxyl groups excluding tert-OH is 1. The molecule has 224 valence electrons. The van der Waals surface area contributed by atoms with Crippen LogP contribution < -0.4 is 15.4 Å². The average molecular weight is 577 g/mol. The molecular formula is C31H40N6O5. The van der Waals surface area contributed by atoms with Gasteiger partial charge in [-0.2, -0.15) is 0 Å². The van der Waals surface area contributed by atoms with Gasteiger partial charge in [0.1, 0.15) is 11.5 Å². The Bertz CT molecular complexity index is 1360. The normalized spacial score (nSPS) is 17.5. The van der Waals surface area contributed by atoms with Crippen molar-refractivity contribution in [1.29, 1.82) is 16.2 Å².